The molecule has 0 saturated carbocycles. The second-order valence-corrected chi connectivity index (χ2v) is 5.77. The van der Waals surface area contributed by atoms with Crippen molar-refractivity contribution in [3.8, 4) is 0 Å². The Bertz CT molecular complexity index is 652. The highest BCUT2D eigenvalue weighted by Crippen LogP contribution is 2.22. The fourth-order valence-electron chi connectivity index (χ4n) is 2.22. The van der Waals surface area contributed by atoms with Crippen molar-refractivity contribution in [1.82, 2.24) is 14.7 Å². The first-order valence-corrected chi connectivity index (χ1v) is 7.84. The number of carbonyl (C=O) groups excluding carboxylic acids is 1. The highest BCUT2D eigenvalue weighted by Gasteiger charge is 2.17. The molecule has 0 aliphatic carbocycles. The molecule has 2 heterocycles. The fourth-order valence-corrected chi connectivity index (χ4v) is 2.86. The second-order valence-electron chi connectivity index (χ2n) is 4.91. The molecule has 6 heteroatoms. The fraction of sp³-hybridized carbons (Fsp3) is 0.467. The van der Waals surface area contributed by atoms with E-state index in [1.54, 1.807) is 0 Å². The van der Waals surface area contributed by atoms with Crippen LogP contribution < -0.4 is 5.32 Å². The van der Waals surface area contributed by atoms with Crippen molar-refractivity contribution in [2.75, 3.05) is 19.8 Å². The lowest BCUT2D eigenvalue weighted by atomic mass is 10.3. The Morgan fingerprint density at radius 1 is 1.48 bits per heavy atom. The van der Waals surface area contributed by atoms with Crippen LogP contribution in [0.25, 0.3) is 5.65 Å². The molecule has 2 aromatic rings. The highest BCUT2D eigenvalue weighted by atomic mass is 79.9. The van der Waals surface area contributed by atoms with Crippen LogP contribution in [-0.4, -0.2) is 35.1 Å². The van der Waals surface area contributed by atoms with Gasteiger partial charge in [0.15, 0.2) is 5.65 Å². The number of carbonyl (C=O) groups is 1. The number of fused-ring (bicyclic) bond motifs is 1. The molecule has 1 N–H and O–H groups in total. The minimum atomic E-state index is -0.103. The van der Waals surface area contributed by atoms with E-state index < -0.39 is 0 Å². The quantitative estimate of drug-likeness (QED) is 0.812. The number of aryl methyl sites for hydroxylation is 2. The summed E-state index contributed by atoms with van der Waals surface area (Å²) in [6.45, 7) is 7.76. The Hall–Kier alpha value is -1.40. The Morgan fingerprint density at radius 3 is 2.95 bits per heavy atom. The zero-order chi connectivity index (χ0) is 15.4. The minimum absolute atomic E-state index is 0.103. The Kier molecular flexibility index (Phi) is 5.36. The van der Waals surface area contributed by atoms with Crippen molar-refractivity contribution < 1.29 is 9.53 Å². The summed E-state index contributed by atoms with van der Waals surface area (Å²) in [6, 6.07) is 1.99. The predicted molar refractivity (Wildman–Crippen MR) is 85.8 cm³/mol. The van der Waals surface area contributed by atoms with E-state index in [0.717, 1.165) is 27.8 Å². The van der Waals surface area contributed by atoms with Crippen LogP contribution >= 0.6 is 15.9 Å². The molecule has 0 fully saturated rings. The van der Waals surface area contributed by atoms with Crippen LogP contribution in [0.3, 0.4) is 0 Å². The van der Waals surface area contributed by atoms with Gasteiger partial charge in [-0.2, -0.15) is 0 Å². The van der Waals surface area contributed by atoms with Crippen LogP contribution in [0, 0.1) is 13.8 Å². The zero-order valence-corrected chi connectivity index (χ0v) is 14.2. The summed E-state index contributed by atoms with van der Waals surface area (Å²) in [4.78, 5) is 16.8. The number of imidazole rings is 1. The van der Waals surface area contributed by atoms with E-state index in [1.807, 2.05) is 37.4 Å². The van der Waals surface area contributed by atoms with Gasteiger partial charge in [0, 0.05) is 26.0 Å². The largest absolute Gasteiger partial charge is 0.382 e. The van der Waals surface area contributed by atoms with E-state index in [1.165, 1.54) is 0 Å². The van der Waals surface area contributed by atoms with E-state index in [0.29, 0.717) is 25.5 Å². The number of aromatic nitrogens is 2. The van der Waals surface area contributed by atoms with Gasteiger partial charge in [-0.15, -0.1) is 0 Å². The minimum Gasteiger partial charge on any atom is -0.382 e. The lowest BCUT2D eigenvalue weighted by molar-refractivity contribution is 0.0938. The molecule has 0 aliphatic rings. The third kappa shape index (κ3) is 3.63. The first-order chi connectivity index (χ1) is 10.0. The van der Waals surface area contributed by atoms with Gasteiger partial charge >= 0.3 is 0 Å². The Balaban J connectivity index is 2.17. The van der Waals surface area contributed by atoms with Gasteiger partial charge in [0.2, 0.25) is 0 Å². The molecule has 21 heavy (non-hydrogen) atoms. The molecule has 5 nitrogen and oxygen atoms in total. The molecule has 0 aromatic carbocycles. The number of ether oxygens (including phenoxy) is 1. The standard InChI is InChI=1S/C15H20BrN3O2/c1-4-21-7-5-6-17-15(20)13-11(3)18-14-12(16)8-10(2)9-19(13)14/h8-9H,4-7H2,1-3H3,(H,17,20). The maximum absolute atomic E-state index is 12.4. The summed E-state index contributed by atoms with van der Waals surface area (Å²) in [7, 11) is 0. The Morgan fingerprint density at radius 2 is 2.24 bits per heavy atom. The third-order valence-electron chi connectivity index (χ3n) is 3.16. The van der Waals surface area contributed by atoms with Crippen LogP contribution in [0.5, 0.6) is 0 Å². The Labute approximate surface area is 132 Å². The topological polar surface area (TPSA) is 55.6 Å². The van der Waals surface area contributed by atoms with Crippen molar-refractivity contribution in [3.63, 3.8) is 0 Å². The normalized spacial score (nSPS) is 11.0. The van der Waals surface area contributed by atoms with E-state index in [9.17, 15) is 4.79 Å². The van der Waals surface area contributed by atoms with E-state index >= 15 is 0 Å². The van der Waals surface area contributed by atoms with Crippen LogP contribution in [0.15, 0.2) is 16.7 Å². The van der Waals surface area contributed by atoms with Gasteiger partial charge in [0.25, 0.3) is 5.91 Å². The van der Waals surface area contributed by atoms with E-state index in [-0.39, 0.29) is 5.91 Å². The number of nitrogens with zero attached hydrogens (tertiary/aromatic N) is 2. The van der Waals surface area contributed by atoms with Crippen molar-refractivity contribution in [2.24, 2.45) is 0 Å². The molecule has 0 radical (unpaired) electrons. The van der Waals surface area contributed by atoms with Gasteiger partial charge in [-0.3, -0.25) is 9.20 Å². The van der Waals surface area contributed by atoms with Gasteiger partial charge in [-0.05, 0) is 54.8 Å². The average Bonchev–Trinajstić information content (AvgIpc) is 2.75. The third-order valence-corrected chi connectivity index (χ3v) is 3.74. The molecule has 0 atom stereocenters. The summed E-state index contributed by atoms with van der Waals surface area (Å²) < 4.78 is 7.99. The molecule has 0 bridgehead atoms. The first kappa shape index (κ1) is 16.0. The summed E-state index contributed by atoms with van der Waals surface area (Å²) in [6.07, 6.45) is 2.73. The molecule has 0 aliphatic heterocycles. The SMILES string of the molecule is CCOCCCNC(=O)c1c(C)nc2c(Br)cc(C)cn12. The number of pyridine rings is 1. The number of amides is 1. The molecule has 114 valence electrons. The predicted octanol–water partition coefficient (Wildman–Crippen LogP) is 2.87. The van der Waals surface area contributed by atoms with Crippen molar-refractivity contribution >= 4 is 27.5 Å². The molecular weight excluding hydrogens is 334 g/mol. The lowest BCUT2D eigenvalue weighted by Crippen LogP contribution is -2.27. The monoisotopic (exact) mass is 353 g/mol. The first-order valence-electron chi connectivity index (χ1n) is 7.05. The van der Waals surface area contributed by atoms with E-state index in [4.69, 9.17) is 4.74 Å². The number of nitrogens with one attached hydrogen (secondary N) is 1. The smallest absolute Gasteiger partial charge is 0.270 e. The number of halogens is 1. The van der Waals surface area contributed by atoms with Gasteiger partial charge in [0.05, 0.1) is 10.2 Å². The summed E-state index contributed by atoms with van der Waals surface area (Å²) in [5.74, 6) is -0.103. The van der Waals surface area contributed by atoms with Crippen molar-refractivity contribution in [1.29, 1.82) is 0 Å². The number of hydrogen-bond acceptors (Lipinski definition) is 3. The number of hydrogen-bond donors (Lipinski definition) is 1. The summed E-state index contributed by atoms with van der Waals surface area (Å²) in [5.41, 5.74) is 3.14. The van der Waals surface area contributed by atoms with Crippen LogP contribution in [0.2, 0.25) is 0 Å². The van der Waals surface area contributed by atoms with Gasteiger partial charge in [-0.1, -0.05) is 0 Å². The maximum atomic E-state index is 12.4. The molecule has 0 saturated heterocycles. The van der Waals surface area contributed by atoms with E-state index in [2.05, 4.69) is 26.2 Å². The summed E-state index contributed by atoms with van der Waals surface area (Å²) >= 11 is 3.49. The van der Waals surface area contributed by atoms with Gasteiger partial charge in [0.1, 0.15) is 5.69 Å². The van der Waals surface area contributed by atoms with Crippen molar-refractivity contribution in [2.45, 2.75) is 27.2 Å². The average molecular weight is 354 g/mol. The zero-order valence-electron chi connectivity index (χ0n) is 12.6. The summed E-state index contributed by atoms with van der Waals surface area (Å²) in [5, 5.41) is 2.92. The number of rotatable bonds is 6. The second kappa shape index (κ2) is 7.04. The van der Waals surface area contributed by atoms with Crippen LogP contribution in [0.1, 0.15) is 35.1 Å². The molecule has 0 spiro atoms. The highest BCUT2D eigenvalue weighted by molar-refractivity contribution is 9.10. The van der Waals surface area contributed by atoms with Crippen molar-refractivity contribution in [3.05, 3.63) is 33.7 Å². The maximum Gasteiger partial charge on any atom is 0.270 e. The van der Waals surface area contributed by atoms with Gasteiger partial charge in [-0.25, -0.2) is 4.98 Å². The van der Waals surface area contributed by atoms with Gasteiger partial charge < -0.3 is 10.1 Å². The lowest BCUT2D eigenvalue weighted by Gasteiger charge is -2.07. The van der Waals surface area contributed by atoms with Crippen LogP contribution in [-0.2, 0) is 4.74 Å². The molecule has 1 amide bonds. The molecule has 2 aromatic heterocycles. The molecular formula is C15H20BrN3O2. The molecule has 0 unspecified atom stereocenters. The molecule has 2 rings (SSSR count). The van der Waals surface area contributed by atoms with Crippen LogP contribution in [0.4, 0.5) is 0 Å².